The molecule has 0 N–H and O–H groups in total. The van der Waals surface area contributed by atoms with Crippen molar-refractivity contribution in [3.63, 3.8) is 0 Å². The van der Waals surface area contributed by atoms with Gasteiger partial charge in [0.15, 0.2) is 0 Å². The fourth-order valence-corrected chi connectivity index (χ4v) is 14.5. The third-order valence-corrected chi connectivity index (χ3v) is 16.8. The van der Waals surface area contributed by atoms with Gasteiger partial charge in [0.2, 0.25) is 0 Å². The van der Waals surface area contributed by atoms with Crippen LogP contribution in [-0.2, 0) is 20.9 Å². The molecule has 0 unspecified atom stereocenters. The van der Waals surface area contributed by atoms with Crippen LogP contribution >= 0.6 is 18.2 Å². The van der Waals surface area contributed by atoms with Crippen LogP contribution in [-0.4, -0.2) is 36.5 Å². The molecule has 1 saturated heterocycles. The fraction of sp³-hybridized carbons (Fsp3) is 0.167. The number of allylic oxidation sites excluding steroid dienone is 1. The number of carbonyl (C=O) groups is 3. The number of ketones is 2. The van der Waals surface area contributed by atoms with E-state index in [0.29, 0.717) is 29.6 Å². The molecule has 0 atom stereocenters. The van der Waals surface area contributed by atoms with Crippen LogP contribution in [0.5, 0.6) is 5.75 Å². The molecular weight excluding hydrogens is 651 g/mol. The summed E-state index contributed by atoms with van der Waals surface area (Å²) in [4.78, 5) is 42.4. The number of benzene rings is 5. The van der Waals surface area contributed by atoms with Crippen LogP contribution in [0.1, 0.15) is 35.7 Å². The van der Waals surface area contributed by atoms with Crippen molar-refractivity contribution >= 4 is 51.7 Å². The van der Waals surface area contributed by atoms with Crippen molar-refractivity contribution in [2.24, 2.45) is 0 Å². The number of hydrogen-bond acceptors (Lipinski definition) is 5. The number of rotatable bonds is 11. The second kappa shape index (κ2) is 14.7. The summed E-state index contributed by atoms with van der Waals surface area (Å²) in [7, 11) is 0. The SMILES string of the molecule is CCOC(=O)C(=O)/C(C(=O)c1cc(Cl)ccc1OCc1ccccc1)=C1/CCCP(c2ccccc2)(c2ccccc2)(c2ccccc2)C1. The second-order valence-corrected chi connectivity index (χ2v) is 18.0. The summed E-state index contributed by atoms with van der Waals surface area (Å²) in [6.45, 7) is -1.58. The summed E-state index contributed by atoms with van der Waals surface area (Å²) < 4.78 is 11.4. The molecule has 0 amide bonds. The van der Waals surface area contributed by atoms with Gasteiger partial charge in [0.25, 0.3) is 0 Å². The second-order valence-electron chi connectivity index (χ2n) is 12.3. The minimum atomic E-state index is -3.42. The summed E-state index contributed by atoms with van der Waals surface area (Å²) in [6, 6.07) is 45.7. The fourth-order valence-electron chi connectivity index (χ4n) is 7.30. The van der Waals surface area contributed by atoms with Crippen molar-refractivity contribution in [3.05, 3.63) is 167 Å². The van der Waals surface area contributed by atoms with E-state index in [9.17, 15) is 14.4 Å². The molecule has 1 aliphatic rings. The van der Waals surface area contributed by atoms with Gasteiger partial charge in [-0.15, -0.1) is 0 Å². The quantitative estimate of drug-likeness (QED) is 0.0269. The molecule has 5 nitrogen and oxygen atoms in total. The first-order chi connectivity index (χ1) is 23.9. The Balaban J connectivity index is 1.60. The Morgan fingerprint density at radius 1 is 0.714 bits per heavy atom. The number of carbonyl (C=O) groups excluding carboxylic acids is 3. The van der Waals surface area contributed by atoms with Crippen LogP contribution < -0.4 is 20.7 Å². The van der Waals surface area contributed by atoms with E-state index in [2.05, 4.69) is 36.4 Å². The normalized spacial score (nSPS) is 16.7. The van der Waals surface area contributed by atoms with Gasteiger partial charge in [-0.05, 0) is 0 Å². The molecule has 248 valence electrons. The molecule has 0 radical (unpaired) electrons. The summed E-state index contributed by atoms with van der Waals surface area (Å²) in [5.74, 6) is -2.34. The zero-order valence-corrected chi connectivity index (χ0v) is 29.0. The molecule has 0 bridgehead atoms. The van der Waals surface area contributed by atoms with E-state index in [1.807, 2.05) is 84.9 Å². The summed E-state index contributed by atoms with van der Waals surface area (Å²) in [6.07, 6.45) is 2.42. The molecule has 1 fully saturated rings. The Bertz CT molecular complexity index is 1890. The monoisotopic (exact) mass is 688 g/mol. The van der Waals surface area contributed by atoms with Crippen molar-refractivity contribution in [3.8, 4) is 5.75 Å². The van der Waals surface area contributed by atoms with Crippen molar-refractivity contribution in [2.45, 2.75) is 26.4 Å². The van der Waals surface area contributed by atoms with E-state index in [0.717, 1.165) is 27.6 Å². The van der Waals surface area contributed by atoms with Crippen LogP contribution in [0.3, 0.4) is 0 Å². The van der Waals surface area contributed by atoms with Crippen LogP contribution in [0, 0.1) is 0 Å². The molecule has 0 saturated carbocycles. The van der Waals surface area contributed by atoms with Crippen LogP contribution in [0.15, 0.2) is 151 Å². The summed E-state index contributed by atoms with van der Waals surface area (Å²) in [5.41, 5.74) is 1.50. The van der Waals surface area contributed by atoms with Crippen molar-refractivity contribution in [2.75, 3.05) is 18.9 Å². The zero-order valence-electron chi connectivity index (χ0n) is 27.4. The molecule has 49 heavy (non-hydrogen) atoms. The van der Waals surface area contributed by atoms with Crippen LogP contribution in [0.2, 0.25) is 5.02 Å². The number of Topliss-reactive ketones (excluding diaryl/α,β-unsaturated/α-hetero) is 2. The number of esters is 1. The van der Waals surface area contributed by atoms with Crippen LogP contribution in [0.4, 0.5) is 0 Å². The topological polar surface area (TPSA) is 69.7 Å². The number of hydrogen-bond donors (Lipinski definition) is 0. The van der Waals surface area contributed by atoms with Crippen molar-refractivity contribution < 1.29 is 23.9 Å². The average Bonchev–Trinajstić information content (AvgIpc) is 3.16. The van der Waals surface area contributed by atoms with E-state index >= 15 is 0 Å². The molecule has 0 aromatic heterocycles. The van der Waals surface area contributed by atoms with Gasteiger partial charge in [-0.25, -0.2) is 0 Å². The van der Waals surface area contributed by atoms with E-state index < -0.39 is 24.1 Å². The first-order valence-electron chi connectivity index (χ1n) is 16.5. The molecule has 1 heterocycles. The molecular formula is C42H38ClO5P. The Morgan fingerprint density at radius 3 is 1.78 bits per heavy atom. The predicted molar refractivity (Wildman–Crippen MR) is 199 cm³/mol. The summed E-state index contributed by atoms with van der Waals surface area (Å²) >= 11 is 6.47. The van der Waals surface area contributed by atoms with Gasteiger partial charge in [0.05, 0.1) is 0 Å². The first-order valence-corrected chi connectivity index (χ1v) is 19.5. The van der Waals surface area contributed by atoms with E-state index in [1.54, 1.807) is 19.1 Å². The zero-order chi connectivity index (χ0) is 34.3. The maximum atomic E-state index is 14.9. The molecule has 6 rings (SSSR count). The minimum absolute atomic E-state index is 0.00149. The van der Waals surface area contributed by atoms with Gasteiger partial charge < -0.3 is 0 Å². The molecule has 5 aromatic carbocycles. The molecule has 7 heteroatoms. The van der Waals surface area contributed by atoms with Gasteiger partial charge in [0.1, 0.15) is 0 Å². The Labute approximate surface area is 292 Å². The Kier molecular flexibility index (Phi) is 10.2. The van der Waals surface area contributed by atoms with Gasteiger partial charge in [-0.3, -0.25) is 0 Å². The third kappa shape index (κ3) is 6.49. The Morgan fingerprint density at radius 2 is 1.24 bits per heavy atom. The molecule has 0 spiro atoms. The standard InChI is InChI=1S/C42H38ClO5P/c1-2-47-42(46)41(45)39(40(44)37-28-33(43)25-26-38(37)48-29-31-16-7-3-8-17-31)32-18-15-27-49(30-32,34-19-9-4-10-20-34,35-21-11-5-12-22-35)36-23-13-6-14-24-36/h3-14,16-17,19-26,28H,2,15,18,27,29-30H2,1H3/b39-32-. The molecule has 5 aromatic rings. The number of ether oxygens (including phenoxy) is 2. The van der Waals surface area contributed by atoms with Gasteiger partial charge >= 0.3 is 293 Å². The Hall–Kier alpha value is -4.83. The summed E-state index contributed by atoms with van der Waals surface area (Å²) in [5, 5.41) is 3.79. The van der Waals surface area contributed by atoms with Crippen LogP contribution in [0.25, 0.3) is 0 Å². The van der Waals surface area contributed by atoms with E-state index in [-0.39, 0.29) is 30.1 Å². The van der Waals surface area contributed by atoms with Gasteiger partial charge in [-0.1, -0.05) is 0 Å². The third-order valence-electron chi connectivity index (χ3n) is 9.50. The van der Waals surface area contributed by atoms with Crippen molar-refractivity contribution in [1.82, 2.24) is 0 Å². The average molecular weight is 689 g/mol. The van der Waals surface area contributed by atoms with E-state index in [4.69, 9.17) is 21.1 Å². The number of halogens is 1. The molecule has 0 aliphatic carbocycles. The predicted octanol–water partition coefficient (Wildman–Crippen LogP) is 7.85. The van der Waals surface area contributed by atoms with Gasteiger partial charge in [0, 0.05) is 0 Å². The maximum absolute atomic E-state index is 14.9. The van der Waals surface area contributed by atoms with E-state index in [1.165, 1.54) is 6.07 Å². The van der Waals surface area contributed by atoms with Gasteiger partial charge in [-0.2, -0.15) is 0 Å². The first kappa shape index (κ1) is 34.0. The molecule has 1 aliphatic heterocycles. The van der Waals surface area contributed by atoms with Crippen molar-refractivity contribution in [1.29, 1.82) is 0 Å².